The van der Waals surface area contributed by atoms with Gasteiger partial charge in [0.2, 0.25) is 0 Å². The van der Waals surface area contributed by atoms with Crippen LogP contribution < -0.4 is 10.1 Å². The molecule has 0 aromatic heterocycles. The zero-order valence-electron chi connectivity index (χ0n) is 12.4. The van der Waals surface area contributed by atoms with Crippen LogP contribution in [0.15, 0.2) is 30.3 Å². The van der Waals surface area contributed by atoms with Crippen molar-refractivity contribution in [2.24, 2.45) is 0 Å². The van der Waals surface area contributed by atoms with Crippen molar-refractivity contribution in [3.8, 4) is 5.75 Å². The van der Waals surface area contributed by atoms with Crippen LogP contribution in [-0.2, 0) is 0 Å². The van der Waals surface area contributed by atoms with Gasteiger partial charge in [-0.3, -0.25) is 0 Å². The average molecular weight is 262 g/mol. The number of allylic oxidation sites excluding steroid dienone is 1. The normalized spacial score (nSPS) is 11.4. The van der Waals surface area contributed by atoms with E-state index >= 15 is 0 Å². The van der Waals surface area contributed by atoms with Gasteiger partial charge in [-0.2, -0.15) is 0 Å². The third-order valence-electron chi connectivity index (χ3n) is 2.76. The van der Waals surface area contributed by atoms with E-state index in [9.17, 15) is 0 Å². The van der Waals surface area contributed by atoms with Crippen LogP contribution in [-0.4, -0.2) is 45.2 Å². The predicted octanol–water partition coefficient (Wildman–Crippen LogP) is 2.64. The highest BCUT2D eigenvalue weighted by Gasteiger charge is 1.98. The summed E-state index contributed by atoms with van der Waals surface area (Å²) in [4.78, 5) is 2.20. The van der Waals surface area contributed by atoms with Gasteiger partial charge in [-0.25, -0.2) is 0 Å². The fourth-order valence-electron chi connectivity index (χ4n) is 1.81. The summed E-state index contributed by atoms with van der Waals surface area (Å²) >= 11 is 0. The van der Waals surface area contributed by atoms with Crippen molar-refractivity contribution < 1.29 is 4.74 Å². The number of hydrogen-bond donors (Lipinski definition) is 1. The van der Waals surface area contributed by atoms with E-state index in [0.717, 1.165) is 30.9 Å². The van der Waals surface area contributed by atoms with Gasteiger partial charge in [-0.15, -0.1) is 0 Å². The zero-order chi connectivity index (χ0) is 13.9. The SMILES string of the molecule is CC=Cc1ccccc1OCCNCCCN(C)C. The molecule has 0 saturated heterocycles. The third-order valence-corrected chi connectivity index (χ3v) is 2.76. The van der Waals surface area contributed by atoms with E-state index in [2.05, 4.69) is 36.5 Å². The van der Waals surface area contributed by atoms with E-state index in [1.807, 2.05) is 31.2 Å². The molecule has 106 valence electrons. The minimum absolute atomic E-state index is 0.705. The summed E-state index contributed by atoms with van der Waals surface area (Å²) in [5, 5.41) is 3.39. The minimum atomic E-state index is 0.705. The lowest BCUT2D eigenvalue weighted by Crippen LogP contribution is -2.25. The molecule has 0 heterocycles. The molecule has 0 amide bonds. The van der Waals surface area contributed by atoms with Crippen molar-refractivity contribution in [1.29, 1.82) is 0 Å². The van der Waals surface area contributed by atoms with Crippen LogP contribution in [0.3, 0.4) is 0 Å². The van der Waals surface area contributed by atoms with E-state index in [-0.39, 0.29) is 0 Å². The van der Waals surface area contributed by atoms with Crippen molar-refractivity contribution >= 4 is 6.08 Å². The van der Waals surface area contributed by atoms with E-state index < -0.39 is 0 Å². The summed E-state index contributed by atoms with van der Waals surface area (Å²) < 4.78 is 5.79. The van der Waals surface area contributed by atoms with Crippen LogP contribution in [0.25, 0.3) is 6.08 Å². The van der Waals surface area contributed by atoms with Crippen LogP contribution >= 0.6 is 0 Å². The molecule has 0 spiro atoms. The lowest BCUT2D eigenvalue weighted by Gasteiger charge is -2.11. The second-order valence-corrected chi connectivity index (χ2v) is 4.79. The maximum Gasteiger partial charge on any atom is 0.126 e. The molecule has 0 atom stereocenters. The van der Waals surface area contributed by atoms with Crippen LogP contribution in [0.5, 0.6) is 5.75 Å². The number of hydrogen-bond acceptors (Lipinski definition) is 3. The number of nitrogens with zero attached hydrogens (tertiary/aromatic N) is 1. The van der Waals surface area contributed by atoms with Crippen LogP contribution in [0.1, 0.15) is 18.9 Å². The van der Waals surface area contributed by atoms with Crippen molar-refractivity contribution in [1.82, 2.24) is 10.2 Å². The van der Waals surface area contributed by atoms with E-state index in [1.54, 1.807) is 0 Å². The van der Waals surface area contributed by atoms with Gasteiger partial charge < -0.3 is 15.0 Å². The molecule has 1 aromatic carbocycles. The molecule has 0 unspecified atom stereocenters. The second kappa shape index (κ2) is 9.59. The van der Waals surface area contributed by atoms with Crippen LogP contribution in [0.4, 0.5) is 0 Å². The highest BCUT2D eigenvalue weighted by Crippen LogP contribution is 2.18. The quantitative estimate of drug-likeness (QED) is 0.692. The van der Waals surface area contributed by atoms with Crippen molar-refractivity contribution in [3.63, 3.8) is 0 Å². The molecule has 3 heteroatoms. The van der Waals surface area contributed by atoms with Crippen molar-refractivity contribution in [2.75, 3.05) is 40.3 Å². The summed E-state index contributed by atoms with van der Waals surface area (Å²) in [5.74, 6) is 0.954. The maximum atomic E-state index is 5.79. The number of benzene rings is 1. The van der Waals surface area contributed by atoms with Gasteiger partial charge in [0.1, 0.15) is 12.4 Å². The first kappa shape index (κ1) is 15.7. The zero-order valence-corrected chi connectivity index (χ0v) is 12.4. The molecule has 0 aliphatic heterocycles. The maximum absolute atomic E-state index is 5.79. The Labute approximate surface area is 117 Å². The largest absolute Gasteiger partial charge is 0.492 e. The third kappa shape index (κ3) is 6.99. The standard InChI is InChI=1S/C16H26N2O/c1-4-8-15-9-5-6-10-16(15)19-14-12-17-11-7-13-18(2)3/h4-6,8-10,17H,7,11-14H2,1-3H3. The van der Waals surface area contributed by atoms with Crippen molar-refractivity contribution in [2.45, 2.75) is 13.3 Å². The van der Waals surface area contributed by atoms with Gasteiger partial charge in [0.15, 0.2) is 0 Å². The first-order chi connectivity index (χ1) is 9.24. The Bertz CT molecular complexity index is 375. The molecule has 0 saturated carbocycles. The molecular formula is C16H26N2O. The highest BCUT2D eigenvalue weighted by molar-refractivity contribution is 5.56. The molecule has 3 nitrogen and oxygen atoms in total. The molecule has 1 aromatic rings. The molecular weight excluding hydrogens is 236 g/mol. The number of ether oxygens (including phenoxy) is 1. The topological polar surface area (TPSA) is 24.5 Å². The molecule has 0 radical (unpaired) electrons. The Morgan fingerprint density at radius 1 is 1.21 bits per heavy atom. The average Bonchev–Trinajstić information content (AvgIpc) is 2.39. The first-order valence-corrected chi connectivity index (χ1v) is 6.94. The predicted molar refractivity (Wildman–Crippen MR) is 82.7 cm³/mol. The fraction of sp³-hybridized carbons (Fsp3) is 0.500. The highest BCUT2D eigenvalue weighted by atomic mass is 16.5. The van der Waals surface area contributed by atoms with Gasteiger partial charge in [-0.05, 0) is 46.6 Å². The van der Waals surface area contributed by atoms with Gasteiger partial charge in [0.25, 0.3) is 0 Å². The van der Waals surface area contributed by atoms with E-state index in [1.165, 1.54) is 6.42 Å². The monoisotopic (exact) mass is 262 g/mol. The Balaban J connectivity index is 2.19. The molecule has 0 bridgehead atoms. The van der Waals surface area contributed by atoms with Gasteiger partial charge in [-0.1, -0.05) is 30.4 Å². The molecule has 0 aliphatic carbocycles. The Hall–Kier alpha value is -1.32. The minimum Gasteiger partial charge on any atom is -0.492 e. The summed E-state index contributed by atoms with van der Waals surface area (Å²) in [7, 11) is 4.20. The van der Waals surface area contributed by atoms with E-state index in [4.69, 9.17) is 4.74 Å². The lowest BCUT2D eigenvalue weighted by molar-refractivity contribution is 0.310. The van der Waals surface area contributed by atoms with Gasteiger partial charge >= 0.3 is 0 Å². The summed E-state index contributed by atoms with van der Waals surface area (Å²) in [6.07, 6.45) is 5.27. The Morgan fingerprint density at radius 3 is 2.74 bits per heavy atom. The van der Waals surface area contributed by atoms with Crippen molar-refractivity contribution in [3.05, 3.63) is 35.9 Å². The Kier molecular flexibility index (Phi) is 7.94. The molecule has 1 N–H and O–H groups in total. The molecule has 19 heavy (non-hydrogen) atoms. The molecule has 0 fully saturated rings. The van der Waals surface area contributed by atoms with Gasteiger partial charge in [0.05, 0.1) is 0 Å². The van der Waals surface area contributed by atoms with E-state index in [0.29, 0.717) is 6.61 Å². The number of rotatable bonds is 9. The summed E-state index contributed by atoms with van der Waals surface area (Å²) in [6, 6.07) is 8.12. The molecule has 1 rings (SSSR count). The second-order valence-electron chi connectivity index (χ2n) is 4.79. The molecule has 0 aliphatic rings. The van der Waals surface area contributed by atoms with Crippen LogP contribution in [0.2, 0.25) is 0 Å². The number of nitrogens with one attached hydrogen (secondary N) is 1. The summed E-state index contributed by atoms with van der Waals surface area (Å²) in [6.45, 7) is 5.77. The number of para-hydroxylation sites is 1. The van der Waals surface area contributed by atoms with Gasteiger partial charge in [0, 0.05) is 12.1 Å². The Morgan fingerprint density at radius 2 is 2.00 bits per heavy atom. The lowest BCUT2D eigenvalue weighted by atomic mass is 10.2. The smallest absolute Gasteiger partial charge is 0.126 e. The summed E-state index contributed by atoms with van der Waals surface area (Å²) in [5.41, 5.74) is 1.14. The first-order valence-electron chi connectivity index (χ1n) is 6.94. The van der Waals surface area contributed by atoms with Crippen LogP contribution in [0, 0.1) is 0 Å². The fourth-order valence-corrected chi connectivity index (χ4v) is 1.81.